The first kappa shape index (κ1) is 12.0. The average Bonchev–Trinajstić information content (AvgIpc) is 2.73. The van der Waals surface area contributed by atoms with Crippen LogP contribution in [0.1, 0.15) is 11.1 Å². The number of aromatic nitrogens is 2. The average molecular weight is 252 g/mol. The predicted molar refractivity (Wildman–Crippen MR) is 57.7 cm³/mol. The number of benzene rings is 1. The molecule has 92 valence electrons. The lowest BCUT2D eigenvalue weighted by Gasteiger charge is -2.13. The first-order valence-corrected chi connectivity index (χ1v) is 4.85. The van der Waals surface area contributed by atoms with Crippen molar-refractivity contribution >= 4 is 5.82 Å². The highest BCUT2D eigenvalue weighted by Gasteiger charge is 2.37. The molecule has 4 nitrogen and oxygen atoms in total. The molecule has 1 aromatic heterocycles. The molecule has 0 bridgehead atoms. The highest BCUT2D eigenvalue weighted by Crippen LogP contribution is 2.36. The Bertz CT molecular complexity index is 622. The van der Waals surface area contributed by atoms with Crippen molar-refractivity contribution < 1.29 is 13.2 Å². The van der Waals surface area contributed by atoms with Crippen LogP contribution in [0, 0.1) is 11.3 Å². The number of nitrogen functional groups attached to an aromatic ring is 1. The van der Waals surface area contributed by atoms with E-state index in [0.29, 0.717) is 0 Å². The monoisotopic (exact) mass is 252 g/mol. The number of hydrogen-bond donors (Lipinski definition) is 1. The maximum Gasteiger partial charge on any atom is 0.419 e. The molecule has 0 fully saturated rings. The number of nitrogens with two attached hydrogens (primary N) is 1. The predicted octanol–water partition coefficient (Wildman–Crippen LogP) is 2.34. The van der Waals surface area contributed by atoms with Gasteiger partial charge in [-0.2, -0.15) is 23.5 Å². The van der Waals surface area contributed by atoms with Gasteiger partial charge in [0.1, 0.15) is 5.82 Å². The third kappa shape index (κ3) is 2.00. The van der Waals surface area contributed by atoms with Crippen molar-refractivity contribution in [1.29, 1.82) is 5.26 Å². The van der Waals surface area contributed by atoms with Crippen LogP contribution >= 0.6 is 0 Å². The Morgan fingerprint density at radius 3 is 2.50 bits per heavy atom. The van der Waals surface area contributed by atoms with E-state index in [2.05, 4.69) is 5.10 Å². The molecule has 0 aliphatic rings. The minimum atomic E-state index is -4.64. The fraction of sp³-hybridized carbons (Fsp3) is 0.0909. The van der Waals surface area contributed by atoms with Gasteiger partial charge < -0.3 is 5.73 Å². The Morgan fingerprint density at radius 1 is 1.28 bits per heavy atom. The summed E-state index contributed by atoms with van der Waals surface area (Å²) >= 11 is 0. The maximum atomic E-state index is 13.0. The van der Waals surface area contributed by atoms with Crippen LogP contribution in [0.3, 0.4) is 0 Å². The van der Waals surface area contributed by atoms with Crippen LogP contribution in [0.5, 0.6) is 0 Å². The fourth-order valence-corrected chi connectivity index (χ4v) is 1.59. The fourth-order valence-electron chi connectivity index (χ4n) is 1.59. The van der Waals surface area contributed by atoms with Crippen LogP contribution in [0.25, 0.3) is 5.69 Å². The normalized spacial score (nSPS) is 11.2. The maximum absolute atomic E-state index is 13.0. The third-order valence-electron chi connectivity index (χ3n) is 2.30. The Hall–Kier alpha value is -2.49. The van der Waals surface area contributed by atoms with Crippen LogP contribution in [0.15, 0.2) is 30.5 Å². The summed E-state index contributed by atoms with van der Waals surface area (Å²) in [5.41, 5.74) is 3.68. The van der Waals surface area contributed by atoms with Gasteiger partial charge in [0, 0.05) is 12.3 Å². The van der Waals surface area contributed by atoms with Gasteiger partial charge in [-0.3, -0.25) is 0 Å². The molecular weight excluding hydrogens is 245 g/mol. The molecule has 0 saturated carbocycles. The molecule has 1 heterocycles. The molecule has 0 atom stereocenters. The van der Waals surface area contributed by atoms with E-state index in [0.717, 1.165) is 10.7 Å². The molecule has 2 N–H and O–H groups in total. The topological polar surface area (TPSA) is 67.6 Å². The summed E-state index contributed by atoms with van der Waals surface area (Å²) in [5.74, 6) is 0.102. The van der Waals surface area contributed by atoms with Crippen molar-refractivity contribution in [1.82, 2.24) is 9.78 Å². The van der Waals surface area contributed by atoms with Crippen molar-refractivity contribution in [3.05, 3.63) is 41.6 Å². The van der Waals surface area contributed by atoms with E-state index in [4.69, 9.17) is 11.0 Å². The molecule has 2 rings (SSSR count). The highest BCUT2D eigenvalue weighted by molar-refractivity contribution is 5.52. The smallest absolute Gasteiger partial charge is 0.382 e. The number of nitriles is 1. The van der Waals surface area contributed by atoms with Crippen molar-refractivity contribution in [2.24, 2.45) is 0 Å². The molecule has 0 saturated heterocycles. The molecule has 0 radical (unpaired) electrons. The van der Waals surface area contributed by atoms with E-state index in [1.54, 1.807) is 0 Å². The standard InChI is InChI=1S/C11H7F3N4/c12-11(13,14)10-7(6-15)2-1-3-8(10)18-5-4-9(16)17-18/h1-5H,(H2,16,17). The SMILES string of the molecule is N#Cc1cccc(-n2ccc(N)n2)c1C(F)(F)F. The van der Waals surface area contributed by atoms with E-state index in [1.807, 2.05) is 0 Å². The molecule has 2 aromatic rings. The summed E-state index contributed by atoms with van der Waals surface area (Å²) in [4.78, 5) is 0. The number of alkyl halides is 3. The van der Waals surface area contributed by atoms with Crippen LogP contribution in [-0.2, 0) is 6.18 Å². The van der Waals surface area contributed by atoms with Gasteiger partial charge in [-0.25, -0.2) is 4.68 Å². The Kier molecular flexibility index (Phi) is 2.71. The third-order valence-corrected chi connectivity index (χ3v) is 2.30. The highest BCUT2D eigenvalue weighted by atomic mass is 19.4. The van der Waals surface area contributed by atoms with Crippen molar-refractivity contribution in [3.8, 4) is 11.8 Å². The van der Waals surface area contributed by atoms with Gasteiger partial charge in [0.2, 0.25) is 0 Å². The van der Waals surface area contributed by atoms with Gasteiger partial charge >= 0.3 is 6.18 Å². The number of hydrogen-bond acceptors (Lipinski definition) is 3. The van der Waals surface area contributed by atoms with Gasteiger partial charge in [0.15, 0.2) is 0 Å². The zero-order valence-electron chi connectivity index (χ0n) is 8.94. The van der Waals surface area contributed by atoms with E-state index >= 15 is 0 Å². The quantitative estimate of drug-likeness (QED) is 0.847. The van der Waals surface area contributed by atoms with Crippen molar-refractivity contribution in [3.63, 3.8) is 0 Å². The second-order valence-electron chi connectivity index (χ2n) is 3.49. The molecule has 0 aliphatic heterocycles. The largest absolute Gasteiger partial charge is 0.419 e. The lowest BCUT2D eigenvalue weighted by atomic mass is 10.1. The zero-order valence-corrected chi connectivity index (χ0v) is 8.94. The summed E-state index contributed by atoms with van der Waals surface area (Å²) in [7, 11) is 0. The minimum absolute atomic E-state index is 0.102. The van der Waals surface area contributed by atoms with Crippen molar-refractivity contribution in [2.75, 3.05) is 5.73 Å². The first-order chi connectivity index (χ1) is 8.43. The van der Waals surface area contributed by atoms with Crippen LogP contribution in [0.4, 0.5) is 19.0 Å². The second-order valence-corrected chi connectivity index (χ2v) is 3.49. The van der Waals surface area contributed by atoms with Crippen LogP contribution in [0.2, 0.25) is 0 Å². The van der Waals surface area contributed by atoms with Gasteiger partial charge in [-0.15, -0.1) is 0 Å². The zero-order chi connectivity index (χ0) is 13.3. The van der Waals surface area contributed by atoms with Crippen LogP contribution < -0.4 is 5.73 Å². The summed E-state index contributed by atoms with van der Waals surface area (Å²) in [6.07, 6.45) is -3.33. The van der Waals surface area contributed by atoms with E-state index in [-0.39, 0.29) is 11.5 Å². The molecule has 7 heteroatoms. The molecule has 0 amide bonds. The molecule has 0 spiro atoms. The summed E-state index contributed by atoms with van der Waals surface area (Å²) in [6.45, 7) is 0. The minimum Gasteiger partial charge on any atom is -0.382 e. The summed E-state index contributed by atoms with van der Waals surface area (Å²) in [6, 6.07) is 6.61. The molecule has 0 unspecified atom stereocenters. The molecule has 18 heavy (non-hydrogen) atoms. The first-order valence-electron chi connectivity index (χ1n) is 4.85. The van der Waals surface area contributed by atoms with E-state index in [1.165, 1.54) is 30.5 Å². The lowest BCUT2D eigenvalue weighted by molar-refractivity contribution is -0.137. The van der Waals surface area contributed by atoms with Gasteiger partial charge in [0.05, 0.1) is 22.9 Å². The molecule has 0 aliphatic carbocycles. The van der Waals surface area contributed by atoms with E-state index in [9.17, 15) is 13.2 Å². The number of rotatable bonds is 1. The Morgan fingerprint density at radius 2 is 2.00 bits per heavy atom. The number of nitrogens with zero attached hydrogens (tertiary/aromatic N) is 3. The second kappa shape index (κ2) is 4.07. The number of anilines is 1. The Balaban J connectivity index is 2.72. The summed E-state index contributed by atoms with van der Waals surface area (Å²) in [5, 5.41) is 12.5. The van der Waals surface area contributed by atoms with E-state index < -0.39 is 17.3 Å². The Labute approximate surface area is 100 Å². The number of halogens is 3. The van der Waals surface area contributed by atoms with Crippen LogP contribution in [-0.4, -0.2) is 9.78 Å². The molecule has 1 aromatic carbocycles. The van der Waals surface area contributed by atoms with Gasteiger partial charge in [-0.1, -0.05) is 6.07 Å². The van der Waals surface area contributed by atoms with Gasteiger partial charge in [-0.05, 0) is 12.1 Å². The lowest BCUT2D eigenvalue weighted by Crippen LogP contribution is -2.13. The van der Waals surface area contributed by atoms with Crippen molar-refractivity contribution in [2.45, 2.75) is 6.18 Å². The van der Waals surface area contributed by atoms with Gasteiger partial charge in [0.25, 0.3) is 0 Å². The summed E-state index contributed by atoms with van der Waals surface area (Å²) < 4.78 is 39.9. The molecular formula is C11H7F3N4.